The Balaban J connectivity index is 2.63. The molecule has 0 aliphatic carbocycles. The molecule has 3 heteroatoms. The normalized spacial score (nSPS) is 10.8. The summed E-state index contributed by atoms with van der Waals surface area (Å²) < 4.78 is 0. The molecule has 1 rings (SSSR count). The number of nitrogens with one attached hydrogen (secondary N) is 1. The molecule has 0 atom stereocenters. The van der Waals surface area contributed by atoms with Crippen LogP contribution in [0.15, 0.2) is 18.3 Å². The highest BCUT2D eigenvalue weighted by atomic mass is 15.2. The molecule has 16 heavy (non-hydrogen) atoms. The number of pyridine rings is 1. The molecule has 3 nitrogen and oxygen atoms in total. The van der Waals surface area contributed by atoms with Crippen LogP contribution in [0.3, 0.4) is 0 Å². The fourth-order valence-electron chi connectivity index (χ4n) is 1.44. The molecule has 0 spiro atoms. The lowest BCUT2D eigenvalue weighted by Crippen LogP contribution is -2.26. The fourth-order valence-corrected chi connectivity index (χ4v) is 1.44. The summed E-state index contributed by atoms with van der Waals surface area (Å²) in [5.74, 6) is 1.05. The predicted molar refractivity (Wildman–Crippen MR) is 69.8 cm³/mol. The minimum Gasteiger partial charge on any atom is -0.357 e. The van der Waals surface area contributed by atoms with Crippen LogP contribution in [0.2, 0.25) is 0 Å². The van der Waals surface area contributed by atoms with Crippen LogP contribution < -0.4 is 10.2 Å². The summed E-state index contributed by atoms with van der Waals surface area (Å²) in [5.41, 5.74) is 1.30. The van der Waals surface area contributed by atoms with Crippen LogP contribution in [0.5, 0.6) is 0 Å². The van der Waals surface area contributed by atoms with Gasteiger partial charge in [0.15, 0.2) is 0 Å². The van der Waals surface area contributed by atoms with Gasteiger partial charge in [0, 0.05) is 25.8 Å². The van der Waals surface area contributed by atoms with Crippen molar-refractivity contribution in [3.8, 4) is 0 Å². The van der Waals surface area contributed by atoms with Gasteiger partial charge in [-0.2, -0.15) is 0 Å². The van der Waals surface area contributed by atoms with Gasteiger partial charge in [0.25, 0.3) is 0 Å². The molecular weight excluding hydrogens is 198 g/mol. The first-order chi connectivity index (χ1) is 7.65. The van der Waals surface area contributed by atoms with Gasteiger partial charge in [0.05, 0.1) is 0 Å². The Morgan fingerprint density at radius 1 is 1.44 bits per heavy atom. The van der Waals surface area contributed by atoms with Crippen molar-refractivity contribution in [3.63, 3.8) is 0 Å². The van der Waals surface area contributed by atoms with E-state index in [0.29, 0.717) is 6.04 Å². The highest BCUT2D eigenvalue weighted by molar-refractivity contribution is 5.40. The van der Waals surface area contributed by atoms with Gasteiger partial charge in [0.1, 0.15) is 5.82 Å². The van der Waals surface area contributed by atoms with Crippen molar-refractivity contribution in [2.24, 2.45) is 0 Å². The fraction of sp³-hybridized carbons (Fsp3) is 0.615. The van der Waals surface area contributed by atoms with Crippen molar-refractivity contribution < 1.29 is 0 Å². The molecule has 0 aliphatic rings. The van der Waals surface area contributed by atoms with Gasteiger partial charge >= 0.3 is 0 Å². The predicted octanol–water partition coefficient (Wildman–Crippen LogP) is 2.43. The molecule has 1 aromatic rings. The average molecular weight is 221 g/mol. The molecular formula is C13H23N3. The average Bonchev–Trinajstić information content (AvgIpc) is 2.29. The number of aromatic nitrogens is 1. The summed E-state index contributed by atoms with van der Waals surface area (Å²) in [7, 11) is 2.08. The van der Waals surface area contributed by atoms with E-state index in [4.69, 9.17) is 0 Å². The van der Waals surface area contributed by atoms with Gasteiger partial charge in [0.2, 0.25) is 0 Å². The van der Waals surface area contributed by atoms with Crippen molar-refractivity contribution in [1.82, 2.24) is 10.3 Å². The lowest BCUT2D eigenvalue weighted by molar-refractivity contribution is 0.673. The highest BCUT2D eigenvalue weighted by Crippen LogP contribution is 2.13. The Kier molecular flexibility index (Phi) is 5.26. The number of hydrogen-bond acceptors (Lipinski definition) is 3. The lowest BCUT2D eigenvalue weighted by Gasteiger charge is -2.22. The number of anilines is 1. The second-order valence-electron chi connectivity index (χ2n) is 4.40. The van der Waals surface area contributed by atoms with Crippen molar-refractivity contribution in [1.29, 1.82) is 0 Å². The zero-order valence-electron chi connectivity index (χ0n) is 10.8. The van der Waals surface area contributed by atoms with E-state index >= 15 is 0 Å². The molecule has 0 radical (unpaired) electrons. The first-order valence-corrected chi connectivity index (χ1v) is 6.03. The number of hydrogen-bond donors (Lipinski definition) is 1. The van der Waals surface area contributed by atoms with E-state index in [0.717, 1.165) is 18.9 Å². The summed E-state index contributed by atoms with van der Waals surface area (Å²) in [6.07, 6.45) is 3.06. The van der Waals surface area contributed by atoms with Gasteiger partial charge in [-0.05, 0) is 44.5 Å². The second kappa shape index (κ2) is 6.48. The van der Waals surface area contributed by atoms with Crippen molar-refractivity contribution >= 4 is 5.82 Å². The largest absolute Gasteiger partial charge is 0.357 e. The highest BCUT2D eigenvalue weighted by Gasteiger charge is 2.06. The van der Waals surface area contributed by atoms with E-state index < -0.39 is 0 Å². The van der Waals surface area contributed by atoms with Gasteiger partial charge in [-0.1, -0.05) is 6.92 Å². The van der Waals surface area contributed by atoms with Gasteiger partial charge in [-0.25, -0.2) is 4.98 Å². The smallest absolute Gasteiger partial charge is 0.128 e. The molecule has 0 saturated heterocycles. The first kappa shape index (κ1) is 13.0. The number of nitrogens with zero attached hydrogens (tertiary/aromatic N) is 2. The van der Waals surface area contributed by atoms with Crippen molar-refractivity contribution in [2.75, 3.05) is 18.5 Å². The quantitative estimate of drug-likeness (QED) is 0.748. The molecule has 0 bridgehead atoms. The van der Waals surface area contributed by atoms with Crippen LogP contribution in [0.25, 0.3) is 0 Å². The lowest BCUT2D eigenvalue weighted by atomic mass is 10.2. The Bertz CT molecular complexity index is 310. The summed E-state index contributed by atoms with van der Waals surface area (Å²) in [5, 5.41) is 3.40. The monoisotopic (exact) mass is 221 g/mol. The minimum atomic E-state index is 0.478. The van der Waals surface area contributed by atoms with Crippen LogP contribution >= 0.6 is 0 Å². The van der Waals surface area contributed by atoms with E-state index in [2.05, 4.69) is 55.2 Å². The van der Waals surface area contributed by atoms with Crippen LogP contribution in [0.4, 0.5) is 5.82 Å². The zero-order chi connectivity index (χ0) is 12.0. The molecule has 0 fully saturated rings. The molecule has 0 saturated carbocycles. The Morgan fingerprint density at radius 3 is 2.81 bits per heavy atom. The summed E-state index contributed by atoms with van der Waals surface area (Å²) in [6, 6.07) is 4.70. The maximum atomic E-state index is 4.39. The first-order valence-electron chi connectivity index (χ1n) is 6.03. The number of rotatable bonds is 6. The molecule has 0 aromatic carbocycles. The third-order valence-electron chi connectivity index (χ3n) is 2.70. The molecule has 0 aliphatic heterocycles. The van der Waals surface area contributed by atoms with Crippen LogP contribution in [-0.4, -0.2) is 24.6 Å². The van der Waals surface area contributed by atoms with Crippen LogP contribution in [0, 0.1) is 0 Å². The molecule has 0 unspecified atom stereocenters. The second-order valence-corrected chi connectivity index (χ2v) is 4.40. The van der Waals surface area contributed by atoms with Gasteiger partial charge in [-0.15, -0.1) is 0 Å². The third-order valence-corrected chi connectivity index (χ3v) is 2.70. The zero-order valence-corrected chi connectivity index (χ0v) is 10.8. The topological polar surface area (TPSA) is 28.2 Å². The Hall–Kier alpha value is -1.09. The van der Waals surface area contributed by atoms with E-state index in [1.54, 1.807) is 0 Å². The third kappa shape index (κ3) is 3.81. The maximum absolute atomic E-state index is 4.39. The van der Waals surface area contributed by atoms with E-state index in [1.165, 1.54) is 12.0 Å². The summed E-state index contributed by atoms with van der Waals surface area (Å²) >= 11 is 0. The summed E-state index contributed by atoms with van der Waals surface area (Å²) in [6.45, 7) is 8.51. The molecule has 90 valence electrons. The summed E-state index contributed by atoms with van der Waals surface area (Å²) in [4.78, 5) is 6.57. The molecule has 0 amide bonds. The van der Waals surface area contributed by atoms with Gasteiger partial charge in [-0.3, -0.25) is 0 Å². The van der Waals surface area contributed by atoms with E-state index in [9.17, 15) is 0 Å². The Morgan fingerprint density at radius 2 is 2.19 bits per heavy atom. The Labute approximate surface area is 98.9 Å². The SMILES string of the molecule is CCCNCc1ccnc(N(C)C(C)C)c1. The van der Waals surface area contributed by atoms with E-state index in [1.807, 2.05) is 6.20 Å². The van der Waals surface area contributed by atoms with Crippen LogP contribution in [0.1, 0.15) is 32.8 Å². The van der Waals surface area contributed by atoms with Crippen molar-refractivity contribution in [2.45, 2.75) is 39.8 Å². The molecule has 1 N–H and O–H groups in total. The maximum Gasteiger partial charge on any atom is 0.128 e. The van der Waals surface area contributed by atoms with E-state index in [-0.39, 0.29) is 0 Å². The molecule has 1 aromatic heterocycles. The minimum absolute atomic E-state index is 0.478. The standard InChI is InChI=1S/C13H23N3/c1-5-7-14-10-12-6-8-15-13(9-12)16(4)11(2)3/h6,8-9,11,14H,5,7,10H2,1-4H3. The van der Waals surface area contributed by atoms with Crippen LogP contribution in [-0.2, 0) is 6.54 Å². The van der Waals surface area contributed by atoms with Gasteiger partial charge < -0.3 is 10.2 Å². The molecule has 1 heterocycles. The van der Waals surface area contributed by atoms with Crippen molar-refractivity contribution in [3.05, 3.63) is 23.9 Å².